The van der Waals surface area contributed by atoms with Crippen LogP contribution in [-0.2, 0) is 4.79 Å². The van der Waals surface area contributed by atoms with Crippen molar-refractivity contribution < 1.29 is 4.79 Å². The summed E-state index contributed by atoms with van der Waals surface area (Å²) < 4.78 is 0. The highest BCUT2D eigenvalue weighted by atomic mass is 35.5. The third kappa shape index (κ3) is 6.63. The van der Waals surface area contributed by atoms with Crippen LogP contribution >= 0.6 is 12.4 Å². The van der Waals surface area contributed by atoms with Gasteiger partial charge in [-0.3, -0.25) is 4.79 Å². The number of halogens is 1. The summed E-state index contributed by atoms with van der Waals surface area (Å²) in [6.45, 7) is 9.55. The Balaban J connectivity index is 0.00000312. The maximum atomic E-state index is 12.6. The van der Waals surface area contributed by atoms with Crippen molar-refractivity contribution in [3.63, 3.8) is 0 Å². The number of piperidine rings is 1. The number of nitrogens with one attached hydrogen (secondary N) is 1. The summed E-state index contributed by atoms with van der Waals surface area (Å²) in [7, 11) is 2.01. The van der Waals surface area contributed by atoms with E-state index in [9.17, 15) is 4.79 Å². The van der Waals surface area contributed by atoms with Gasteiger partial charge in [-0.15, -0.1) is 12.4 Å². The molecule has 1 unspecified atom stereocenters. The molecule has 1 aliphatic rings. The Labute approximate surface area is 160 Å². The van der Waals surface area contributed by atoms with Crippen molar-refractivity contribution in [1.82, 2.24) is 10.2 Å². The van der Waals surface area contributed by atoms with Crippen molar-refractivity contribution in [3.05, 3.63) is 35.4 Å². The first-order valence-electron chi connectivity index (χ1n) is 9.53. The smallest absolute Gasteiger partial charge is 0.223 e. The second kappa shape index (κ2) is 10.8. The molecule has 0 aliphatic carbocycles. The number of nitrogens with zero attached hydrogens (tertiary/aromatic N) is 1. The van der Waals surface area contributed by atoms with Crippen LogP contribution in [0.15, 0.2) is 24.3 Å². The molecule has 142 valence electrons. The van der Waals surface area contributed by atoms with Gasteiger partial charge in [0.25, 0.3) is 0 Å². The maximum absolute atomic E-state index is 12.6. The average molecular weight is 367 g/mol. The number of amides is 1. The van der Waals surface area contributed by atoms with E-state index < -0.39 is 0 Å². The van der Waals surface area contributed by atoms with Crippen LogP contribution in [0.2, 0.25) is 0 Å². The van der Waals surface area contributed by atoms with Gasteiger partial charge in [0.2, 0.25) is 5.91 Å². The van der Waals surface area contributed by atoms with E-state index in [2.05, 4.69) is 55.3 Å². The molecule has 1 aromatic rings. The largest absolute Gasteiger partial charge is 0.343 e. The molecule has 25 heavy (non-hydrogen) atoms. The maximum Gasteiger partial charge on any atom is 0.223 e. The zero-order chi connectivity index (χ0) is 17.5. The van der Waals surface area contributed by atoms with E-state index in [0.717, 1.165) is 38.4 Å². The summed E-state index contributed by atoms with van der Waals surface area (Å²) >= 11 is 0. The van der Waals surface area contributed by atoms with Gasteiger partial charge in [-0.05, 0) is 61.7 Å². The molecule has 4 heteroatoms. The third-order valence-electron chi connectivity index (χ3n) is 5.42. The van der Waals surface area contributed by atoms with E-state index >= 15 is 0 Å². The summed E-state index contributed by atoms with van der Waals surface area (Å²) in [5, 5.41) is 3.22. The third-order valence-corrected chi connectivity index (χ3v) is 5.42. The summed E-state index contributed by atoms with van der Waals surface area (Å²) in [4.78, 5) is 14.7. The van der Waals surface area contributed by atoms with Gasteiger partial charge in [0.1, 0.15) is 0 Å². The minimum atomic E-state index is 0. The quantitative estimate of drug-likeness (QED) is 0.766. The fraction of sp³-hybridized carbons (Fsp3) is 0.667. The normalized spacial score (nSPS) is 16.6. The molecule has 1 amide bonds. The van der Waals surface area contributed by atoms with Gasteiger partial charge < -0.3 is 10.2 Å². The fourth-order valence-electron chi connectivity index (χ4n) is 3.54. The van der Waals surface area contributed by atoms with Crippen molar-refractivity contribution in [1.29, 1.82) is 0 Å². The Bertz CT molecular complexity index is 507. The van der Waals surface area contributed by atoms with Crippen LogP contribution in [0.3, 0.4) is 0 Å². The van der Waals surface area contributed by atoms with Crippen LogP contribution < -0.4 is 5.32 Å². The monoisotopic (exact) mass is 366 g/mol. The van der Waals surface area contributed by atoms with Crippen LogP contribution in [0, 0.1) is 5.92 Å². The van der Waals surface area contributed by atoms with Gasteiger partial charge in [0.05, 0.1) is 0 Å². The molecule has 1 fully saturated rings. The van der Waals surface area contributed by atoms with Crippen LogP contribution in [0.4, 0.5) is 0 Å². The van der Waals surface area contributed by atoms with Crippen molar-refractivity contribution in [3.8, 4) is 0 Å². The molecule has 3 nitrogen and oxygen atoms in total. The Kier molecular flexibility index (Phi) is 9.52. The number of likely N-dealkylation sites (tertiary alicyclic amines) is 1. The second-order valence-electron chi connectivity index (χ2n) is 7.64. The van der Waals surface area contributed by atoms with E-state index in [1.54, 1.807) is 0 Å². The first kappa shape index (κ1) is 22.0. The molecular formula is C21H35ClN2O. The van der Waals surface area contributed by atoms with Crippen molar-refractivity contribution >= 4 is 18.3 Å². The van der Waals surface area contributed by atoms with E-state index in [-0.39, 0.29) is 12.4 Å². The fourth-order valence-corrected chi connectivity index (χ4v) is 3.54. The summed E-state index contributed by atoms with van der Waals surface area (Å²) in [6.07, 6.45) is 4.18. The molecule has 0 spiro atoms. The highest BCUT2D eigenvalue weighted by molar-refractivity contribution is 5.85. The SMILES string of the molecule is CNCCC1CCN(C(=O)CC(C)c2ccc(C(C)C)cc2)CC1.Cl. The van der Waals surface area contributed by atoms with Crippen molar-refractivity contribution in [2.45, 2.75) is 58.3 Å². The first-order chi connectivity index (χ1) is 11.5. The lowest BCUT2D eigenvalue weighted by molar-refractivity contribution is -0.132. The van der Waals surface area contributed by atoms with Crippen molar-refractivity contribution in [2.24, 2.45) is 5.92 Å². The lowest BCUT2D eigenvalue weighted by Crippen LogP contribution is -2.39. The summed E-state index contributed by atoms with van der Waals surface area (Å²) in [6, 6.07) is 8.79. The van der Waals surface area contributed by atoms with E-state index in [1.807, 2.05) is 7.05 Å². The number of hydrogen-bond acceptors (Lipinski definition) is 2. The lowest BCUT2D eigenvalue weighted by atomic mass is 9.91. The number of carbonyl (C=O) groups excluding carboxylic acids is 1. The average Bonchev–Trinajstić information content (AvgIpc) is 2.60. The molecule has 0 aromatic heterocycles. The molecule has 0 saturated carbocycles. The highest BCUT2D eigenvalue weighted by Crippen LogP contribution is 2.25. The molecule has 1 atom stereocenters. The molecule has 1 heterocycles. The first-order valence-corrected chi connectivity index (χ1v) is 9.53. The number of hydrogen-bond donors (Lipinski definition) is 1. The minimum Gasteiger partial charge on any atom is -0.343 e. The molecular weight excluding hydrogens is 332 g/mol. The van der Waals surface area contributed by atoms with Gasteiger partial charge in [-0.2, -0.15) is 0 Å². The van der Waals surface area contributed by atoms with Crippen LogP contribution in [0.25, 0.3) is 0 Å². The van der Waals surface area contributed by atoms with Crippen LogP contribution in [0.5, 0.6) is 0 Å². The topological polar surface area (TPSA) is 32.3 Å². The predicted molar refractivity (Wildman–Crippen MR) is 109 cm³/mol. The zero-order valence-electron chi connectivity index (χ0n) is 16.3. The Morgan fingerprint density at radius 1 is 1.12 bits per heavy atom. The standard InChI is InChI=1S/C21H34N2O.ClH/c1-16(2)19-5-7-20(8-6-19)17(3)15-21(24)23-13-10-18(11-14-23)9-12-22-4;/h5-8,16-18,22H,9-15H2,1-4H3;1H. The number of rotatable bonds is 7. The molecule has 0 radical (unpaired) electrons. The molecule has 1 aliphatic heterocycles. The van der Waals surface area contributed by atoms with Gasteiger partial charge in [0, 0.05) is 19.5 Å². The molecule has 1 aromatic carbocycles. The molecule has 1 N–H and O–H groups in total. The van der Waals surface area contributed by atoms with Crippen molar-refractivity contribution in [2.75, 3.05) is 26.7 Å². The summed E-state index contributed by atoms with van der Waals surface area (Å²) in [5.74, 6) is 1.95. The van der Waals surface area contributed by atoms with Gasteiger partial charge in [-0.1, -0.05) is 45.0 Å². The van der Waals surface area contributed by atoms with E-state index in [4.69, 9.17) is 0 Å². The van der Waals surface area contributed by atoms with E-state index in [1.165, 1.54) is 17.5 Å². The Morgan fingerprint density at radius 2 is 1.68 bits per heavy atom. The Hall–Kier alpha value is -1.06. The zero-order valence-corrected chi connectivity index (χ0v) is 17.1. The Morgan fingerprint density at radius 3 is 2.20 bits per heavy atom. The van der Waals surface area contributed by atoms with Crippen LogP contribution in [-0.4, -0.2) is 37.5 Å². The van der Waals surface area contributed by atoms with Gasteiger partial charge >= 0.3 is 0 Å². The highest BCUT2D eigenvalue weighted by Gasteiger charge is 2.23. The molecule has 1 saturated heterocycles. The lowest BCUT2D eigenvalue weighted by Gasteiger charge is -2.32. The predicted octanol–water partition coefficient (Wildman–Crippen LogP) is 4.57. The van der Waals surface area contributed by atoms with Crippen LogP contribution in [0.1, 0.15) is 69.4 Å². The molecule has 0 bridgehead atoms. The second-order valence-corrected chi connectivity index (χ2v) is 7.64. The molecule has 2 rings (SSSR count). The summed E-state index contributed by atoms with van der Waals surface area (Å²) in [5.41, 5.74) is 2.64. The minimum absolute atomic E-state index is 0. The van der Waals surface area contributed by atoms with Gasteiger partial charge in [-0.25, -0.2) is 0 Å². The number of carbonyl (C=O) groups is 1. The number of benzene rings is 1. The van der Waals surface area contributed by atoms with Gasteiger partial charge in [0.15, 0.2) is 0 Å². The van der Waals surface area contributed by atoms with E-state index in [0.29, 0.717) is 24.2 Å².